The highest BCUT2D eigenvalue weighted by molar-refractivity contribution is 5.32. The van der Waals surface area contributed by atoms with Crippen molar-refractivity contribution in [1.82, 2.24) is 0 Å². The van der Waals surface area contributed by atoms with Crippen molar-refractivity contribution in [3.63, 3.8) is 0 Å². The molecule has 0 aliphatic rings. The molecule has 1 unspecified atom stereocenters. The van der Waals surface area contributed by atoms with Gasteiger partial charge in [0.25, 0.3) is 0 Å². The van der Waals surface area contributed by atoms with Crippen molar-refractivity contribution in [2.75, 3.05) is 6.61 Å². The molecule has 2 rings (SSSR count). The summed E-state index contributed by atoms with van der Waals surface area (Å²) in [6, 6.07) is 18.8. The Bertz CT molecular complexity index is 642. The second-order valence-corrected chi connectivity index (χ2v) is 5.53. The molecule has 0 N–H and O–H groups in total. The Kier molecular flexibility index (Phi) is 6.03. The predicted molar refractivity (Wildman–Crippen MR) is 90.1 cm³/mol. The number of hydrogen-bond donors (Lipinski definition) is 0. The number of ether oxygens (including phenoxy) is 1. The van der Waals surface area contributed by atoms with Crippen LogP contribution in [0.15, 0.2) is 48.5 Å². The van der Waals surface area contributed by atoms with E-state index in [1.165, 1.54) is 11.1 Å². The van der Waals surface area contributed by atoms with Crippen LogP contribution in [0, 0.1) is 18.3 Å². The van der Waals surface area contributed by atoms with Crippen molar-refractivity contribution in [2.24, 2.45) is 0 Å². The average molecular weight is 293 g/mol. The second-order valence-electron chi connectivity index (χ2n) is 5.53. The lowest BCUT2D eigenvalue weighted by Gasteiger charge is -2.13. The molecule has 2 heteroatoms. The van der Waals surface area contributed by atoms with Crippen LogP contribution in [0.5, 0.6) is 5.75 Å². The summed E-state index contributed by atoms with van der Waals surface area (Å²) >= 11 is 0. The van der Waals surface area contributed by atoms with E-state index in [9.17, 15) is 5.26 Å². The summed E-state index contributed by atoms with van der Waals surface area (Å²) in [5, 5.41) is 9.40. The predicted octanol–water partition coefficient (Wildman–Crippen LogP) is 5.02. The highest BCUT2D eigenvalue weighted by Gasteiger charge is 2.12. The summed E-state index contributed by atoms with van der Waals surface area (Å²) in [4.78, 5) is 0. The maximum atomic E-state index is 9.40. The molecule has 0 saturated carbocycles. The Labute approximate surface area is 133 Å². The number of rotatable bonds is 7. The van der Waals surface area contributed by atoms with Gasteiger partial charge in [0.2, 0.25) is 0 Å². The zero-order chi connectivity index (χ0) is 15.8. The van der Waals surface area contributed by atoms with Crippen LogP contribution in [0.3, 0.4) is 0 Å². The molecule has 2 nitrogen and oxygen atoms in total. The molecule has 2 aromatic rings. The van der Waals surface area contributed by atoms with Crippen LogP contribution in [0.4, 0.5) is 0 Å². The van der Waals surface area contributed by atoms with E-state index in [1.807, 2.05) is 24.3 Å². The van der Waals surface area contributed by atoms with E-state index in [0.717, 1.165) is 30.6 Å². The Morgan fingerprint density at radius 3 is 2.68 bits per heavy atom. The fraction of sp³-hybridized carbons (Fsp3) is 0.350. The van der Waals surface area contributed by atoms with E-state index in [2.05, 4.69) is 44.2 Å². The Morgan fingerprint density at radius 1 is 1.14 bits per heavy atom. The molecule has 0 radical (unpaired) electrons. The molecule has 0 heterocycles. The van der Waals surface area contributed by atoms with Crippen molar-refractivity contribution < 1.29 is 4.74 Å². The fourth-order valence-electron chi connectivity index (χ4n) is 2.60. The first kappa shape index (κ1) is 16.1. The quantitative estimate of drug-likeness (QED) is 0.671. The first-order valence-electron chi connectivity index (χ1n) is 7.91. The largest absolute Gasteiger partial charge is 0.494 e. The highest BCUT2D eigenvalue weighted by Crippen LogP contribution is 2.24. The zero-order valence-corrected chi connectivity index (χ0v) is 13.4. The van der Waals surface area contributed by atoms with Crippen molar-refractivity contribution >= 4 is 0 Å². The third-order valence-corrected chi connectivity index (χ3v) is 3.93. The van der Waals surface area contributed by atoms with Gasteiger partial charge in [-0.05, 0) is 55.0 Å². The molecule has 0 aromatic heterocycles. The summed E-state index contributed by atoms with van der Waals surface area (Å²) in [7, 11) is 0. The highest BCUT2D eigenvalue weighted by atomic mass is 16.5. The average Bonchev–Trinajstić information content (AvgIpc) is 2.56. The van der Waals surface area contributed by atoms with Gasteiger partial charge in [0, 0.05) is 0 Å². The van der Waals surface area contributed by atoms with Gasteiger partial charge in [-0.2, -0.15) is 5.26 Å². The van der Waals surface area contributed by atoms with Gasteiger partial charge in [-0.1, -0.05) is 43.3 Å². The first-order chi connectivity index (χ1) is 10.7. The summed E-state index contributed by atoms with van der Waals surface area (Å²) in [6.07, 6.45) is 2.72. The minimum absolute atomic E-state index is 0.0493. The van der Waals surface area contributed by atoms with Crippen molar-refractivity contribution in [2.45, 2.75) is 39.0 Å². The van der Waals surface area contributed by atoms with Gasteiger partial charge in [0.1, 0.15) is 5.75 Å². The van der Waals surface area contributed by atoms with E-state index < -0.39 is 0 Å². The monoisotopic (exact) mass is 293 g/mol. The van der Waals surface area contributed by atoms with Crippen LogP contribution in [-0.2, 0) is 6.42 Å². The van der Waals surface area contributed by atoms with E-state index in [4.69, 9.17) is 4.74 Å². The van der Waals surface area contributed by atoms with E-state index in [-0.39, 0.29) is 5.92 Å². The van der Waals surface area contributed by atoms with Crippen LogP contribution >= 0.6 is 0 Å². The van der Waals surface area contributed by atoms with Gasteiger partial charge in [0.05, 0.1) is 18.6 Å². The minimum Gasteiger partial charge on any atom is -0.494 e. The molecule has 22 heavy (non-hydrogen) atoms. The maximum absolute atomic E-state index is 9.40. The SMILES string of the molecule is CCc1cccc(OCCCC(C#N)c2ccccc2C)c1. The van der Waals surface area contributed by atoms with E-state index in [0.29, 0.717) is 6.61 Å². The molecule has 0 spiro atoms. The molecule has 114 valence electrons. The third-order valence-electron chi connectivity index (χ3n) is 3.93. The number of nitriles is 1. The molecule has 0 saturated heterocycles. The second kappa shape index (κ2) is 8.24. The molecule has 0 aliphatic carbocycles. The lowest BCUT2D eigenvalue weighted by molar-refractivity contribution is 0.304. The van der Waals surface area contributed by atoms with Crippen LogP contribution < -0.4 is 4.74 Å². The Hall–Kier alpha value is -2.27. The number of benzene rings is 2. The van der Waals surface area contributed by atoms with E-state index >= 15 is 0 Å². The number of nitrogens with zero attached hydrogens (tertiary/aromatic N) is 1. The summed E-state index contributed by atoms with van der Waals surface area (Å²) in [5.41, 5.74) is 3.61. The lowest BCUT2D eigenvalue weighted by atomic mass is 9.92. The molecule has 1 atom stereocenters. The number of hydrogen-bond acceptors (Lipinski definition) is 2. The molecular weight excluding hydrogens is 270 g/mol. The minimum atomic E-state index is -0.0493. The van der Waals surface area contributed by atoms with Crippen LogP contribution in [0.25, 0.3) is 0 Å². The van der Waals surface area contributed by atoms with Crippen molar-refractivity contribution in [3.05, 3.63) is 65.2 Å². The molecule has 0 bridgehead atoms. The Morgan fingerprint density at radius 2 is 1.95 bits per heavy atom. The molecule has 0 amide bonds. The number of aryl methyl sites for hydroxylation is 2. The normalized spacial score (nSPS) is 11.7. The molecule has 2 aromatic carbocycles. The lowest BCUT2D eigenvalue weighted by Crippen LogP contribution is -2.03. The van der Waals surface area contributed by atoms with Crippen molar-refractivity contribution in [3.8, 4) is 11.8 Å². The smallest absolute Gasteiger partial charge is 0.119 e. The van der Waals surface area contributed by atoms with Gasteiger partial charge in [-0.25, -0.2) is 0 Å². The topological polar surface area (TPSA) is 33.0 Å². The standard InChI is InChI=1S/C20H23NO/c1-3-17-9-6-11-19(14-17)22-13-7-10-18(15-21)20-12-5-4-8-16(20)2/h4-6,8-9,11-12,14,18H,3,7,10,13H2,1-2H3. The van der Waals surface area contributed by atoms with Crippen LogP contribution in [0.2, 0.25) is 0 Å². The van der Waals surface area contributed by atoms with Gasteiger partial charge in [-0.15, -0.1) is 0 Å². The summed E-state index contributed by atoms with van der Waals surface area (Å²) in [5.74, 6) is 0.871. The fourth-order valence-corrected chi connectivity index (χ4v) is 2.60. The third kappa shape index (κ3) is 4.36. The van der Waals surface area contributed by atoms with Crippen LogP contribution in [-0.4, -0.2) is 6.61 Å². The van der Waals surface area contributed by atoms with Gasteiger partial charge in [0.15, 0.2) is 0 Å². The van der Waals surface area contributed by atoms with Crippen molar-refractivity contribution in [1.29, 1.82) is 5.26 Å². The van der Waals surface area contributed by atoms with Gasteiger partial charge in [-0.3, -0.25) is 0 Å². The first-order valence-corrected chi connectivity index (χ1v) is 7.91. The molecular formula is C20H23NO. The maximum Gasteiger partial charge on any atom is 0.119 e. The molecule has 0 fully saturated rings. The molecule has 0 aliphatic heterocycles. The Balaban J connectivity index is 1.85. The zero-order valence-electron chi connectivity index (χ0n) is 13.4. The van der Waals surface area contributed by atoms with Crippen LogP contribution in [0.1, 0.15) is 42.4 Å². The van der Waals surface area contributed by atoms with E-state index in [1.54, 1.807) is 0 Å². The van der Waals surface area contributed by atoms with Gasteiger partial charge < -0.3 is 4.74 Å². The summed E-state index contributed by atoms with van der Waals surface area (Å²) < 4.78 is 5.80. The van der Waals surface area contributed by atoms with Gasteiger partial charge >= 0.3 is 0 Å². The summed E-state index contributed by atoms with van der Waals surface area (Å²) in [6.45, 7) is 4.85.